The maximum absolute atomic E-state index is 13.0. The molecule has 11 nitrogen and oxygen atoms in total. The highest BCUT2D eigenvalue weighted by Crippen LogP contribution is 2.34. The lowest BCUT2D eigenvalue weighted by molar-refractivity contribution is -0.192. The number of alkyl halides is 3. The zero-order valence-corrected chi connectivity index (χ0v) is 18.7. The number of amides is 2. The number of halogens is 3. The van der Waals surface area contributed by atoms with Crippen molar-refractivity contribution in [1.29, 1.82) is 0 Å². The van der Waals surface area contributed by atoms with E-state index in [9.17, 15) is 18.0 Å². The molecule has 0 saturated carbocycles. The quantitative estimate of drug-likeness (QED) is 0.496. The summed E-state index contributed by atoms with van der Waals surface area (Å²) in [4.78, 5) is 39.2. The molecule has 0 atom stereocenters. The van der Waals surface area contributed by atoms with Crippen LogP contribution >= 0.6 is 0 Å². The number of aliphatic carboxylic acids is 1. The molecule has 0 unspecified atom stereocenters. The van der Waals surface area contributed by atoms with Gasteiger partial charge in [-0.05, 0) is 18.6 Å². The van der Waals surface area contributed by atoms with Crippen LogP contribution in [-0.4, -0.2) is 75.5 Å². The number of hydrogen-bond donors (Lipinski definition) is 3. The first-order valence-corrected chi connectivity index (χ1v) is 10.7. The van der Waals surface area contributed by atoms with Crippen LogP contribution in [0.4, 0.5) is 35.2 Å². The summed E-state index contributed by atoms with van der Waals surface area (Å²) in [5.41, 5.74) is 4.41. The number of carboxylic acid groups (broad SMARTS) is 1. The molecule has 0 bridgehead atoms. The average molecular weight is 492 g/mol. The molecule has 2 aliphatic heterocycles. The summed E-state index contributed by atoms with van der Waals surface area (Å²) in [5.74, 6) is -2.01. The van der Waals surface area contributed by atoms with E-state index in [1.165, 1.54) is 5.69 Å². The Morgan fingerprint density at radius 3 is 2.46 bits per heavy atom. The minimum atomic E-state index is -5.08. The van der Waals surface area contributed by atoms with Crippen LogP contribution in [0, 0.1) is 0 Å². The van der Waals surface area contributed by atoms with Crippen molar-refractivity contribution in [2.75, 3.05) is 47.8 Å². The van der Waals surface area contributed by atoms with Crippen molar-refractivity contribution in [3.8, 4) is 0 Å². The molecule has 0 radical (unpaired) electrons. The molecule has 0 aliphatic carbocycles. The third-order valence-electron chi connectivity index (χ3n) is 5.64. The highest BCUT2D eigenvalue weighted by Gasteiger charge is 2.38. The summed E-state index contributed by atoms with van der Waals surface area (Å²) in [5, 5.41) is 13.5. The lowest BCUT2D eigenvalue weighted by Gasteiger charge is -2.31. The van der Waals surface area contributed by atoms with Crippen LogP contribution in [0.15, 0.2) is 30.9 Å². The number of anilines is 3. The summed E-state index contributed by atoms with van der Waals surface area (Å²) in [6.45, 7) is 4.51. The Morgan fingerprint density at radius 2 is 1.77 bits per heavy atom. The number of nitrogens with zero attached hydrogens (tertiary/aromatic N) is 6. The Balaban J connectivity index is 0.000000364. The second-order valence-corrected chi connectivity index (χ2v) is 7.89. The van der Waals surface area contributed by atoms with Crippen LogP contribution in [0.3, 0.4) is 0 Å². The van der Waals surface area contributed by atoms with Gasteiger partial charge in [-0.15, -0.1) is 0 Å². The van der Waals surface area contributed by atoms with Gasteiger partial charge in [0.1, 0.15) is 11.3 Å². The van der Waals surface area contributed by atoms with Crippen LogP contribution in [0.1, 0.15) is 5.56 Å². The van der Waals surface area contributed by atoms with E-state index in [1.54, 1.807) is 29.7 Å². The molecule has 2 aliphatic rings. The Morgan fingerprint density at radius 1 is 1.09 bits per heavy atom. The number of pyridine rings is 2. The molecule has 5 rings (SSSR count). The largest absolute Gasteiger partial charge is 0.490 e. The fraction of sp³-hybridized carbons (Fsp3) is 0.381. The summed E-state index contributed by atoms with van der Waals surface area (Å²) < 4.78 is 33.6. The van der Waals surface area contributed by atoms with Gasteiger partial charge >= 0.3 is 18.2 Å². The highest BCUT2D eigenvalue weighted by atomic mass is 19.4. The van der Waals surface area contributed by atoms with Crippen molar-refractivity contribution in [2.45, 2.75) is 12.6 Å². The first-order chi connectivity index (χ1) is 16.7. The molecule has 1 fully saturated rings. The highest BCUT2D eigenvalue weighted by molar-refractivity contribution is 6.06. The number of fused-ring (bicyclic) bond motifs is 2. The molecule has 5 heterocycles. The number of carboxylic acids is 1. The first-order valence-electron chi connectivity index (χ1n) is 10.7. The molecule has 2 amide bonds. The topological polar surface area (TPSA) is 129 Å². The van der Waals surface area contributed by atoms with Crippen molar-refractivity contribution in [2.24, 2.45) is 7.05 Å². The normalized spacial score (nSPS) is 15.4. The van der Waals surface area contributed by atoms with Gasteiger partial charge in [0.25, 0.3) is 0 Å². The summed E-state index contributed by atoms with van der Waals surface area (Å²) >= 11 is 0. The van der Waals surface area contributed by atoms with Gasteiger partial charge in [0.2, 0.25) is 0 Å². The zero-order valence-electron chi connectivity index (χ0n) is 18.7. The van der Waals surface area contributed by atoms with E-state index >= 15 is 0 Å². The van der Waals surface area contributed by atoms with Gasteiger partial charge in [0.15, 0.2) is 5.65 Å². The van der Waals surface area contributed by atoms with E-state index in [1.807, 2.05) is 11.6 Å². The molecular weight excluding hydrogens is 469 g/mol. The van der Waals surface area contributed by atoms with Gasteiger partial charge in [-0.25, -0.2) is 24.5 Å². The van der Waals surface area contributed by atoms with Crippen LogP contribution in [0.5, 0.6) is 0 Å². The van der Waals surface area contributed by atoms with Gasteiger partial charge in [-0.1, -0.05) is 0 Å². The first kappa shape index (κ1) is 24.2. The minimum Gasteiger partial charge on any atom is -0.475 e. The standard InChI is InChI=1S/C19H22N8O.C2HF3O2/c1-25-12-23-16-14(2-5-22-18(16)25)24-19(28)27-9-4-13-15(3-6-21-17(13)27)26-10-7-20-8-11-26;3-2(4,5)1(6)7/h2-3,5-6,12,20H,4,7-11H2,1H3,(H,22,24,28);(H,6,7). The van der Waals surface area contributed by atoms with Gasteiger partial charge < -0.3 is 25.2 Å². The third-order valence-corrected chi connectivity index (χ3v) is 5.64. The molecule has 0 aromatic carbocycles. The molecule has 3 aromatic rings. The second kappa shape index (κ2) is 9.74. The minimum absolute atomic E-state index is 0.193. The fourth-order valence-electron chi connectivity index (χ4n) is 3.98. The molecule has 0 spiro atoms. The number of carbonyl (C=O) groups excluding carboxylic acids is 1. The van der Waals surface area contributed by atoms with E-state index in [4.69, 9.17) is 9.90 Å². The number of imidazole rings is 1. The van der Waals surface area contributed by atoms with Gasteiger partial charge in [0, 0.05) is 63.4 Å². The number of hydrogen-bond acceptors (Lipinski definition) is 7. The molecule has 35 heavy (non-hydrogen) atoms. The zero-order chi connectivity index (χ0) is 25.2. The second-order valence-electron chi connectivity index (χ2n) is 7.89. The molecule has 186 valence electrons. The number of piperazine rings is 1. The number of aromatic nitrogens is 4. The van der Waals surface area contributed by atoms with Crippen LogP contribution in [0.25, 0.3) is 11.2 Å². The number of urea groups is 1. The summed E-state index contributed by atoms with van der Waals surface area (Å²) in [6, 6.07) is 3.64. The SMILES string of the molecule is Cn1cnc2c(NC(=O)N3CCc4c(N5CCNCC5)ccnc43)ccnc21.O=C(O)C(F)(F)F. The monoisotopic (exact) mass is 492 g/mol. The molecule has 3 N–H and O–H groups in total. The van der Waals surface area contributed by atoms with E-state index in [-0.39, 0.29) is 6.03 Å². The molecular formula is C21H23F3N8O3. The van der Waals surface area contributed by atoms with Crippen LogP contribution in [0.2, 0.25) is 0 Å². The van der Waals surface area contributed by atoms with E-state index in [2.05, 4.69) is 36.6 Å². The Labute approximate surface area is 197 Å². The molecule has 14 heteroatoms. The smallest absolute Gasteiger partial charge is 0.475 e. The van der Waals surface area contributed by atoms with Gasteiger partial charge in [0.05, 0.1) is 12.0 Å². The number of nitrogens with one attached hydrogen (secondary N) is 2. The lowest BCUT2D eigenvalue weighted by Crippen LogP contribution is -2.43. The van der Waals surface area contributed by atoms with Crippen molar-refractivity contribution < 1.29 is 27.9 Å². The third kappa shape index (κ3) is 5.11. The molecule has 3 aromatic heterocycles. The van der Waals surface area contributed by atoms with Crippen molar-refractivity contribution in [1.82, 2.24) is 24.8 Å². The number of rotatable bonds is 2. The summed E-state index contributed by atoms with van der Waals surface area (Å²) in [6.07, 6.45) is 0.897. The van der Waals surface area contributed by atoms with Gasteiger partial charge in [-0.3, -0.25) is 4.90 Å². The maximum Gasteiger partial charge on any atom is 0.490 e. The Bertz CT molecular complexity index is 1240. The van der Waals surface area contributed by atoms with E-state index in [0.717, 1.165) is 49.6 Å². The van der Waals surface area contributed by atoms with Crippen molar-refractivity contribution in [3.63, 3.8) is 0 Å². The number of carbonyl (C=O) groups is 2. The average Bonchev–Trinajstić information content (AvgIpc) is 3.44. The summed E-state index contributed by atoms with van der Waals surface area (Å²) in [7, 11) is 1.88. The lowest BCUT2D eigenvalue weighted by atomic mass is 10.1. The van der Waals surface area contributed by atoms with Crippen molar-refractivity contribution in [3.05, 3.63) is 36.4 Å². The van der Waals surface area contributed by atoms with E-state index in [0.29, 0.717) is 17.7 Å². The molecule has 1 saturated heterocycles. The van der Waals surface area contributed by atoms with Crippen LogP contribution in [-0.2, 0) is 18.3 Å². The maximum atomic E-state index is 13.0. The number of aryl methyl sites for hydroxylation is 1. The Kier molecular flexibility index (Phi) is 6.73. The van der Waals surface area contributed by atoms with Crippen LogP contribution < -0.4 is 20.4 Å². The fourth-order valence-corrected chi connectivity index (χ4v) is 3.98. The van der Waals surface area contributed by atoms with Crippen molar-refractivity contribution >= 4 is 40.4 Å². The predicted molar refractivity (Wildman–Crippen MR) is 122 cm³/mol. The Hall–Kier alpha value is -3.94. The van der Waals surface area contributed by atoms with E-state index < -0.39 is 12.1 Å². The van der Waals surface area contributed by atoms with Gasteiger partial charge in [-0.2, -0.15) is 13.2 Å². The predicted octanol–water partition coefficient (Wildman–Crippen LogP) is 2.00.